The molecule has 14 nitrogen and oxygen atoms in total. The van der Waals surface area contributed by atoms with Crippen LogP contribution in [-0.4, -0.2) is 91.1 Å². The van der Waals surface area contributed by atoms with E-state index in [1.165, 1.54) is 7.11 Å². The van der Waals surface area contributed by atoms with E-state index in [9.17, 15) is 24.3 Å². The molecule has 0 saturated carbocycles. The molecule has 14 heteroatoms. The Morgan fingerprint density at radius 1 is 0.804 bits per heavy atom. The van der Waals surface area contributed by atoms with E-state index >= 15 is 0 Å². The third kappa shape index (κ3) is 7.40. The van der Waals surface area contributed by atoms with Crippen molar-refractivity contribution < 1.29 is 29.0 Å². The van der Waals surface area contributed by atoms with Gasteiger partial charge in [0, 0.05) is 13.1 Å². The molecule has 0 radical (unpaired) electrons. The number of carbonyl (C=O) groups is 4. The number of aromatic amines is 2. The lowest BCUT2D eigenvalue weighted by Crippen LogP contribution is -2.51. The number of rotatable bonds is 10. The highest BCUT2D eigenvalue weighted by Gasteiger charge is 2.39. The summed E-state index contributed by atoms with van der Waals surface area (Å²) in [7, 11) is 1.28. The number of carbonyl (C=O) groups excluding carboxylic acids is 3. The van der Waals surface area contributed by atoms with E-state index in [2.05, 4.69) is 25.6 Å². The minimum absolute atomic E-state index is 0.111. The second-order valence-corrected chi connectivity index (χ2v) is 14.0. The first kappa shape index (κ1) is 35.4. The molecule has 0 bridgehead atoms. The molecule has 4 heterocycles. The third-order valence-electron chi connectivity index (χ3n) is 9.93. The predicted octanol–water partition coefficient (Wildman–Crippen LogP) is 5.62. The van der Waals surface area contributed by atoms with E-state index in [1.54, 1.807) is 16.0 Å². The van der Waals surface area contributed by atoms with Crippen molar-refractivity contribution in [3.8, 4) is 22.4 Å². The number of aromatic nitrogens is 4. The van der Waals surface area contributed by atoms with Crippen LogP contribution < -0.4 is 10.6 Å². The maximum atomic E-state index is 13.5. The van der Waals surface area contributed by atoms with Gasteiger partial charge in [0.15, 0.2) is 0 Å². The summed E-state index contributed by atoms with van der Waals surface area (Å²) in [6, 6.07) is 12.2. The summed E-state index contributed by atoms with van der Waals surface area (Å²) in [6.07, 6.45) is 3.10. The maximum Gasteiger partial charge on any atom is 0.407 e. The molecule has 2 fully saturated rings. The molecular formula is C37H46N8O6. The van der Waals surface area contributed by atoms with Crippen LogP contribution in [0.5, 0.6) is 0 Å². The van der Waals surface area contributed by atoms with Crippen molar-refractivity contribution in [2.24, 2.45) is 11.8 Å². The van der Waals surface area contributed by atoms with Crippen molar-refractivity contribution in [3.05, 3.63) is 60.3 Å². The molecule has 2 aliphatic rings. The zero-order valence-electron chi connectivity index (χ0n) is 29.6. The Bertz CT molecular complexity index is 1900. The summed E-state index contributed by atoms with van der Waals surface area (Å²) in [5.74, 6) is 0.717. The first-order valence-corrected chi connectivity index (χ1v) is 17.6. The average molecular weight is 699 g/mol. The topological polar surface area (TPSA) is 186 Å². The highest BCUT2D eigenvalue weighted by molar-refractivity contribution is 5.87. The summed E-state index contributed by atoms with van der Waals surface area (Å²) in [5, 5.41) is 14.4. The molecule has 6 rings (SSSR count). The van der Waals surface area contributed by atoms with Gasteiger partial charge in [0.2, 0.25) is 11.8 Å². The lowest BCUT2D eigenvalue weighted by atomic mass is 10.0. The Balaban J connectivity index is 1.16. The van der Waals surface area contributed by atoms with Gasteiger partial charge in [-0.3, -0.25) is 9.59 Å². The fourth-order valence-corrected chi connectivity index (χ4v) is 7.19. The highest BCUT2D eigenvalue weighted by Crippen LogP contribution is 2.35. The second kappa shape index (κ2) is 14.8. The third-order valence-corrected chi connectivity index (χ3v) is 9.93. The molecule has 0 aliphatic carbocycles. The number of methoxy groups -OCH3 is 1. The Morgan fingerprint density at radius 2 is 1.37 bits per heavy atom. The lowest BCUT2D eigenvalue weighted by molar-refractivity contribution is -0.136. The summed E-state index contributed by atoms with van der Waals surface area (Å²) >= 11 is 0. The van der Waals surface area contributed by atoms with Crippen LogP contribution in [0.2, 0.25) is 0 Å². The molecule has 4 amide bonds. The van der Waals surface area contributed by atoms with E-state index in [4.69, 9.17) is 9.72 Å². The fourth-order valence-electron chi connectivity index (χ4n) is 7.19. The Morgan fingerprint density at radius 3 is 1.96 bits per heavy atom. The van der Waals surface area contributed by atoms with Gasteiger partial charge in [0.05, 0.1) is 42.1 Å². The van der Waals surface area contributed by atoms with Crippen LogP contribution in [0, 0.1) is 11.8 Å². The van der Waals surface area contributed by atoms with Gasteiger partial charge in [-0.15, -0.1) is 0 Å². The predicted molar refractivity (Wildman–Crippen MR) is 190 cm³/mol. The molecule has 2 aliphatic heterocycles. The smallest absolute Gasteiger partial charge is 0.407 e. The van der Waals surface area contributed by atoms with Crippen LogP contribution >= 0.6 is 0 Å². The van der Waals surface area contributed by atoms with Crippen LogP contribution in [0.1, 0.15) is 77.1 Å². The molecule has 5 N–H and O–H groups in total. The largest absolute Gasteiger partial charge is 0.465 e. The standard InChI is InChI=1S/C37H46N8O6/c1-20(2)30(42-36(48)49)34(46)45-17-7-9-29(45)33-39-25-15-14-24(18-26(25)40-33)22-10-12-23(13-11-22)27-19-38-32(41-27)28-8-6-16-44(28)35(47)31(21(3)4)43-37(50)51-5/h10-15,18-21,28-31,42H,6-9,16-17H2,1-5H3,(H,38,41)(H,39,40)(H,43,50)(H,48,49)/t28-,29-,30-,31-/m0/s1. The number of amides is 4. The van der Waals surface area contributed by atoms with E-state index < -0.39 is 24.3 Å². The van der Waals surface area contributed by atoms with Crippen molar-refractivity contribution in [2.45, 2.75) is 77.5 Å². The molecular weight excluding hydrogens is 652 g/mol. The quantitative estimate of drug-likeness (QED) is 0.141. The first-order valence-electron chi connectivity index (χ1n) is 17.6. The van der Waals surface area contributed by atoms with Crippen LogP contribution in [-0.2, 0) is 14.3 Å². The second-order valence-electron chi connectivity index (χ2n) is 14.0. The minimum atomic E-state index is -1.22. The highest BCUT2D eigenvalue weighted by atomic mass is 16.5. The number of alkyl carbamates (subject to hydrolysis) is 1. The monoisotopic (exact) mass is 698 g/mol. The van der Waals surface area contributed by atoms with Gasteiger partial charge >= 0.3 is 12.2 Å². The summed E-state index contributed by atoms with van der Waals surface area (Å²) < 4.78 is 4.74. The summed E-state index contributed by atoms with van der Waals surface area (Å²) in [6.45, 7) is 8.58. The zero-order chi connectivity index (χ0) is 36.4. The number of ether oxygens (including phenoxy) is 1. The number of hydrogen-bond donors (Lipinski definition) is 5. The normalized spacial score (nSPS) is 18.7. The lowest BCUT2D eigenvalue weighted by Gasteiger charge is -2.30. The van der Waals surface area contributed by atoms with Gasteiger partial charge < -0.3 is 40.2 Å². The fraction of sp³-hybridized carbons (Fsp3) is 0.459. The maximum absolute atomic E-state index is 13.5. The first-order chi connectivity index (χ1) is 24.4. The van der Waals surface area contributed by atoms with Gasteiger partial charge in [0.25, 0.3) is 0 Å². The van der Waals surface area contributed by atoms with Crippen molar-refractivity contribution in [2.75, 3.05) is 20.2 Å². The molecule has 270 valence electrons. The van der Waals surface area contributed by atoms with Crippen molar-refractivity contribution >= 4 is 35.0 Å². The number of nitrogens with zero attached hydrogens (tertiary/aromatic N) is 4. The molecule has 0 unspecified atom stereocenters. The molecule has 4 atom stereocenters. The summed E-state index contributed by atoms with van der Waals surface area (Å²) in [5.41, 5.74) is 5.45. The number of imidazole rings is 2. The van der Waals surface area contributed by atoms with Crippen LogP contribution in [0.25, 0.3) is 33.4 Å². The number of benzene rings is 2. The van der Waals surface area contributed by atoms with Gasteiger partial charge in [-0.1, -0.05) is 58.0 Å². The molecule has 2 saturated heterocycles. The molecule has 2 aromatic carbocycles. The number of fused-ring (bicyclic) bond motifs is 1. The SMILES string of the molecule is COC(=O)N[C@H](C(=O)N1CCC[C@H]1c1ncc(-c2ccc(-c3ccc4nc([C@@H]5CCCN5C(=O)[C@@H](NC(=O)O)C(C)C)[nH]c4c3)cc2)[nH]1)C(C)C. The zero-order valence-corrected chi connectivity index (χ0v) is 29.6. The van der Waals surface area contributed by atoms with E-state index in [-0.39, 0.29) is 35.7 Å². The van der Waals surface area contributed by atoms with E-state index in [1.807, 2.05) is 70.2 Å². The summed E-state index contributed by atoms with van der Waals surface area (Å²) in [4.78, 5) is 70.1. The number of H-pyrrole nitrogens is 2. The molecule has 51 heavy (non-hydrogen) atoms. The van der Waals surface area contributed by atoms with Gasteiger partial charge in [0.1, 0.15) is 23.7 Å². The average Bonchev–Trinajstić information content (AvgIpc) is 3.94. The number of hydrogen-bond acceptors (Lipinski definition) is 7. The van der Waals surface area contributed by atoms with Crippen LogP contribution in [0.15, 0.2) is 48.7 Å². The molecule has 2 aromatic heterocycles. The van der Waals surface area contributed by atoms with Crippen LogP contribution in [0.4, 0.5) is 9.59 Å². The van der Waals surface area contributed by atoms with Crippen LogP contribution in [0.3, 0.4) is 0 Å². The van der Waals surface area contributed by atoms with E-state index in [0.29, 0.717) is 24.7 Å². The van der Waals surface area contributed by atoms with Crippen molar-refractivity contribution in [1.82, 2.24) is 40.4 Å². The van der Waals surface area contributed by atoms with Gasteiger partial charge in [-0.2, -0.15) is 0 Å². The molecule has 4 aromatic rings. The number of carboxylic acid groups (broad SMARTS) is 1. The van der Waals surface area contributed by atoms with Gasteiger partial charge in [-0.25, -0.2) is 19.6 Å². The Hall–Kier alpha value is -5.40. The van der Waals surface area contributed by atoms with Crippen molar-refractivity contribution in [3.63, 3.8) is 0 Å². The minimum Gasteiger partial charge on any atom is -0.465 e. The molecule has 0 spiro atoms. The van der Waals surface area contributed by atoms with Crippen molar-refractivity contribution in [1.29, 1.82) is 0 Å². The number of nitrogens with one attached hydrogen (secondary N) is 4. The van der Waals surface area contributed by atoms with E-state index in [0.717, 1.165) is 59.1 Å². The number of likely N-dealkylation sites (tertiary alicyclic amines) is 2. The Kier molecular flexibility index (Phi) is 10.3. The Labute approximate surface area is 296 Å². The van der Waals surface area contributed by atoms with Gasteiger partial charge in [-0.05, 0) is 66.3 Å².